The highest BCUT2D eigenvalue weighted by atomic mass is 13.9. The van der Waals surface area contributed by atoms with Gasteiger partial charge in [-0.3, -0.25) is 0 Å². The van der Waals surface area contributed by atoms with Crippen LogP contribution in [0.5, 0.6) is 0 Å². The number of benzene rings is 2. The molecule has 2 rings (SSSR count). The van der Waals surface area contributed by atoms with E-state index < -0.39 is 0 Å². The molecule has 0 aliphatic carbocycles. The van der Waals surface area contributed by atoms with Gasteiger partial charge in [0, 0.05) is 22.3 Å². The molecule has 0 saturated carbocycles. The predicted octanol–water partition coefficient (Wildman–Crippen LogP) is 4.43. The maximum atomic E-state index is 3.16. The lowest BCUT2D eigenvalue weighted by atomic mass is 10.1. The highest BCUT2D eigenvalue weighted by Gasteiger charge is 1.90. The molecule has 0 radical (unpaired) electrons. The summed E-state index contributed by atoms with van der Waals surface area (Å²) in [5, 5.41) is 0. The summed E-state index contributed by atoms with van der Waals surface area (Å²) < 4.78 is 0. The minimum atomic E-state index is 1.01. The van der Waals surface area contributed by atoms with Gasteiger partial charge in [-0.25, -0.2) is 0 Å². The molecule has 0 bridgehead atoms. The Bertz CT molecular complexity index is 646. The van der Waals surface area contributed by atoms with E-state index in [2.05, 4.69) is 23.7 Å². The fourth-order valence-corrected chi connectivity index (χ4v) is 1.56. The fraction of sp³-hybridized carbons (Fsp3) is 0.100. The highest BCUT2D eigenvalue weighted by molar-refractivity contribution is 5.47. The van der Waals surface area contributed by atoms with Crippen molar-refractivity contribution >= 4 is 0 Å². The molecule has 0 N–H and O–H groups in total. The number of allylic oxidation sites excluding steroid dienone is 2. The molecule has 96 valence electrons. The molecule has 2 aromatic rings. The van der Waals surface area contributed by atoms with Crippen LogP contribution in [0.2, 0.25) is 0 Å². The van der Waals surface area contributed by atoms with Crippen molar-refractivity contribution in [2.24, 2.45) is 0 Å². The lowest BCUT2D eigenvalue weighted by Gasteiger charge is -1.92. The fourth-order valence-electron chi connectivity index (χ4n) is 1.56. The number of hydrogen-bond acceptors (Lipinski definition) is 0. The van der Waals surface area contributed by atoms with Gasteiger partial charge in [0.25, 0.3) is 0 Å². The summed E-state index contributed by atoms with van der Waals surface area (Å²) in [7, 11) is 0. The maximum absolute atomic E-state index is 3.16. The molecule has 2 aromatic carbocycles. The average Bonchev–Trinajstić information content (AvgIpc) is 2.52. The summed E-state index contributed by atoms with van der Waals surface area (Å²) in [6.07, 6.45) is 0. The molecule has 0 amide bonds. The second-order valence-electron chi connectivity index (χ2n) is 4.48. The zero-order valence-electron chi connectivity index (χ0n) is 11.8. The summed E-state index contributed by atoms with van der Waals surface area (Å²) in [6.45, 7) is 4.01. The second kappa shape index (κ2) is 7.03. The van der Waals surface area contributed by atoms with E-state index in [0.717, 1.165) is 22.3 Å². The molecule has 0 heterocycles. The lowest BCUT2D eigenvalue weighted by Crippen LogP contribution is -1.79. The van der Waals surface area contributed by atoms with E-state index in [9.17, 15) is 0 Å². The van der Waals surface area contributed by atoms with E-state index in [4.69, 9.17) is 0 Å². The molecule has 0 aliphatic rings. The SMILES string of the molecule is C/C(C#Cc1ccccc1)=C(\C)C#Cc1ccccc1. The van der Waals surface area contributed by atoms with E-state index in [1.807, 2.05) is 74.5 Å². The number of rotatable bonds is 0. The Kier molecular flexibility index (Phi) is 4.82. The van der Waals surface area contributed by atoms with Crippen molar-refractivity contribution in [2.75, 3.05) is 0 Å². The Morgan fingerprint density at radius 1 is 0.600 bits per heavy atom. The van der Waals surface area contributed by atoms with Crippen molar-refractivity contribution < 1.29 is 0 Å². The first-order chi connectivity index (χ1) is 9.75. The monoisotopic (exact) mass is 256 g/mol. The second-order valence-corrected chi connectivity index (χ2v) is 4.48. The van der Waals surface area contributed by atoms with E-state index >= 15 is 0 Å². The third-order valence-corrected chi connectivity index (χ3v) is 2.90. The molecule has 0 atom stereocenters. The molecule has 0 aliphatic heterocycles. The van der Waals surface area contributed by atoms with Crippen molar-refractivity contribution in [1.29, 1.82) is 0 Å². The Labute approximate surface area is 121 Å². The van der Waals surface area contributed by atoms with Crippen LogP contribution in [-0.2, 0) is 0 Å². The highest BCUT2D eigenvalue weighted by Crippen LogP contribution is 2.03. The van der Waals surface area contributed by atoms with Crippen molar-refractivity contribution in [2.45, 2.75) is 13.8 Å². The van der Waals surface area contributed by atoms with Gasteiger partial charge in [0.2, 0.25) is 0 Å². The smallest absolute Gasteiger partial charge is 0.0248 e. The van der Waals surface area contributed by atoms with Gasteiger partial charge in [-0.15, -0.1) is 0 Å². The Balaban J connectivity index is 2.17. The molecule has 0 saturated heterocycles. The van der Waals surface area contributed by atoms with Gasteiger partial charge in [-0.05, 0) is 38.1 Å². The summed E-state index contributed by atoms with van der Waals surface area (Å²) in [5.74, 6) is 12.6. The summed E-state index contributed by atoms with van der Waals surface area (Å²) in [5.41, 5.74) is 4.07. The Morgan fingerprint density at radius 2 is 0.950 bits per heavy atom. The molecule has 0 aromatic heterocycles. The van der Waals surface area contributed by atoms with Gasteiger partial charge in [-0.2, -0.15) is 0 Å². The van der Waals surface area contributed by atoms with Crippen LogP contribution in [0.3, 0.4) is 0 Å². The molecular weight excluding hydrogens is 240 g/mol. The average molecular weight is 256 g/mol. The van der Waals surface area contributed by atoms with Gasteiger partial charge in [0.1, 0.15) is 0 Å². The maximum Gasteiger partial charge on any atom is 0.0248 e. The van der Waals surface area contributed by atoms with Gasteiger partial charge >= 0.3 is 0 Å². The van der Waals surface area contributed by atoms with Crippen LogP contribution in [0.1, 0.15) is 25.0 Å². The molecule has 0 unspecified atom stereocenters. The van der Waals surface area contributed by atoms with Gasteiger partial charge in [0.15, 0.2) is 0 Å². The van der Waals surface area contributed by atoms with Gasteiger partial charge < -0.3 is 0 Å². The van der Waals surface area contributed by atoms with Crippen LogP contribution < -0.4 is 0 Å². The predicted molar refractivity (Wildman–Crippen MR) is 85.0 cm³/mol. The van der Waals surface area contributed by atoms with Crippen molar-refractivity contribution in [3.63, 3.8) is 0 Å². The number of hydrogen-bond donors (Lipinski definition) is 0. The van der Waals surface area contributed by atoms with Crippen LogP contribution in [0.25, 0.3) is 0 Å². The zero-order valence-corrected chi connectivity index (χ0v) is 11.8. The zero-order chi connectivity index (χ0) is 14.2. The van der Waals surface area contributed by atoms with Gasteiger partial charge in [-0.1, -0.05) is 60.1 Å². The normalized spacial score (nSPS) is 10.5. The largest absolute Gasteiger partial charge is 0.0655 e. The quantitative estimate of drug-likeness (QED) is 0.612. The van der Waals surface area contributed by atoms with Crippen molar-refractivity contribution in [1.82, 2.24) is 0 Å². The van der Waals surface area contributed by atoms with Crippen molar-refractivity contribution in [3.8, 4) is 23.7 Å². The first-order valence-electron chi connectivity index (χ1n) is 6.57. The van der Waals surface area contributed by atoms with Crippen LogP contribution in [0.4, 0.5) is 0 Å². The van der Waals surface area contributed by atoms with E-state index in [1.54, 1.807) is 0 Å². The first-order valence-corrected chi connectivity index (χ1v) is 6.57. The lowest BCUT2D eigenvalue weighted by molar-refractivity contribution is 1.43. The minimum Gasteiger partial charge on any atom is -0.0655 e. The molecule has 20 heavy (non-hydrogen) atoms. The Morgan fingerprint density at radius 3 is 1.30 bits per heavy atom. The van der Waals surface area contributed by atoms with Crippen LogP contribution >= 0.6 is 0 Å². The summed E-state index contributed by atoms with van der Waals surface area (Å²) >= 11 is 0. The van der Waals surface area contributed by atoms with Gasteiger partial charge in [0.05, 0.1) is 0 Å². The van der Waals surface area contributed by atoms with Crippen LogP contribution in [0, 0.1) is 23.7 Å². The van der Waals surface area contributed by atoms with E-state index in [0.29, 0.717) is 0 Å². The molecule has 0 spiro atoms. The van der Waals surface area contributed by atoms with Crippen LogP contribution in [0.15, 0.2) is 71.8 Å². The van der Waals surface area contributed by atoms with Crippen LogP contribution in [-0.4, -0.2) is 0 Å². The van der Waals surface area contributed by atoms with E-state index in [-0.39, 0.29) is 0 Å². The summed E-state index contributed by atoms with van der Waals surface area (Å²) in [6, 6.07) is 20.0. The third kappa shape index (κ3) is 4.20. The minimum absolute atomic E-state index is 1.01. The topological polar surface area (TPSA) is 0 Å². The molecule has 0 nitrogen and oxygen atoms in total. The Hall–Kier alpha value is -2.70. The molecular formula is C20H16. The standard InChI is InChI=1S/C20H16/c1-17(13-15-19-9-5-3-6-10-19)18(2)14-16-20-11-7-4-8-12-20/h3-12H,1-2H3/b18-17-. The molecule has 0 heteroatoms. The van der Waals surface area contributed by atoms with Crippen molar-refractivity contribution in [3.05, 3.63) is 82.9 Å². The summed E-state index contributed by atoms with van der Waals surface area (Å²) in [4.78, 5) is 0. The molecule has 0 fully saturated rings. The van der Waals surface area contributed by atoms with E-state index in [1.165, 1.54) is 0 Å². The first kappa shape index (κ1) is 13.7. The third-order valence-electron chi connectivity index (χ3n) is 2.90.